The number of nitrogens with one attached hydrogen (secondary N) is 2. The number of ether oxygens (including phenoxy) is 9. The number of hydrogen-bond donors (Lipinski definition) is 13. The SMILES string of the molecule is COC1OC(CO)C(OC2OC(C(=O)O)C(OC3OC(COS(=O)(=O)O)C(OC4OC(C(=O)O)C(OC)C(O)C4O)C(O)C3NC(C)=O)C(O)C2OS(=O)(=O)O)C(OSOOO)C1NS(=O)(=O)O. The van der Waals surface area contributed by atoms with Gasteiger partial charge in [-0.2, -0.15) is 30.0 Å². The summed E-state index contributed by atoms with van der Waals surface area (Å²) in [7, 11) is -14.6. The predicted molar refractivity (Wildman–Crippen MR) is 201 cm³/mol. The van der Waals surface area contributed by atoms with Crippen molar-refractivity contribution in [3.8, 4) is 0 Å². The van der Waals surface area contributed by atoms with Gasteiger partial charge in [0, 0.05) is 21.1 Å². The zero-order valence-corrected chi connectivity index (χ0v) is 37.7. The van der Waals surface area contributed by atoms with Crippen molar-refractivity contribution in [3.05, 3.63) is 0 Å². The van der Waals surface area contributed by atoms with Gasteiger partial charge in [0.05, 0.1) is 13.2 Å². The maximum absolute atomic E-state index is 12.8. The number of carbonyl (C=O) groups excluding carboxylic acids is 1. The van der Waals surface area contributed by atoms with Crippen LogP contribution in [0.1, 0.15) is 6.92 Å². The molecular formula is C28H46N2O34S4. The fourth-order valence-electron chi connectivity index (χ4n) is 7.19. The minimum Gasteiger partial charge on any atom is -0.479 e. The minimum atomic E-state index is -5.82. The molecule has 68 heavy (non-hydrogen) atoms. The van der Waals surface area contributed by atoms with Gasteiger partial charge >= 0.3 is 43.0 Å². The van der Waals surface area contributed by atoms with Crippen molar-refractivity contribution >= 4 is 61.3 Å². The molecule has 0 aromatic rings. The molecule has 20 atom stereocenters. The molecule has 0 aromatic carbocycles. The topological polar surface area (TPSA) is 529 Å². The van der Waals surface area contributed by atoms with Crippen molar-refractivity contribution in [1.29, 1.82) is 0 Å². The molecule has 4 aliphatic rings. The number of methoxy groups -OCH3 is 2. The summed E-state index contributed by atoms with van der Waals surface area (Å²) in [5.41, 5.74) is 0. The standard InChI is InChI=1S/C28H46N2O34S4/c1-6(32)29-9-11(33)15(56-27-13(35)12(34)18(51-2)21(59-27)23(37)38)8(5-53-67(45,46)47)55-26(9)58-19-14(36)20(62-68(48,49)50)28(60-22(19)24(39)40)57-16-7(4-31)54-25(52-3)10(30-66(42,43)44)17(16)61-65-64-63-41/h7-22,25-28,30-31,33-36,41H,4-5H2,1-3H3,(H,29,32)(H,37,38)(H,39,40)(H,42,43,44)(H,45,46,47)(H,48,49,50). The largest absolute Gasteiger partial charge is 0.479 e. The first-order valence-electron chi connectivity index (χ1n) is 18.6. The third kappa shape index (κ3) is 15.1. The lowest BCUT2D eigenvalue weighted by molar-refractivity contribution is -0.435. The van der Waals surface area contributed by atoms with Crippen molar-refractivity contribution in [3.63, 3.8) is 0 Å². The van der Waals surface area contributed by atoms with Crippen LogP contribution in [0.3, 0.4) is 0 Å². The van der Waals surface area contributed by atoms with Gasteiger partial charge in [0.1, 0.15) is 79.2 Å². The van der Waals surface area contributed by atoms with E-state index in [0.717, 1.165) is 21.1 Å². The Balaban J connectivity index is 1.76. The molecule has 4 heterocycles. The Labute approximate surface area is 386 Å². The maximum Gasteiger partial charge on any atom is 0.397 e. The average Bonchev–Trinajstić information content (AvgIpc) is 3.22. The van der Waals surface area contributed by atoms with Crippen LogP contribution in [0.4, 0.5) is 0 Å². The summed E-state index contributed by atoms with van der Waals surface area (Å²) in [4.78, 5) is 37.2. The first-order valence-corrected chi connectivity index (χ1v) is 23.4. The van der Waals surface area contributed by atoms with Crippen LogP contribution in [0.2, 0.25) is 0 Å². The van der Waals surface area contributed by atoms with E-state index in [1.165, 1.54) is 0 Å². The van der Waals surface area contributed by atoms with Crippen LogP contribution in [-0.2, 0) is 110 Å². The molecule has 1 amide bonds. The second-order valence-electron chi connectivity index (χ2n) is 14.3. The monoisotopic (exact) mass is 1080 g/mol. The Morgan fingerprint density at radius 1 is 0.632 bits per heavy atom. The van der Waals surface area contributed by atoms with Gasteiger partial charge in [0.2, 0.25) is 5.91 Å². The summed E-state index contributed by atoms with van der Waals surface area (Å²) >= 11 is -0.283. The third-order valence-corrected chi connectivity index (χ3v) is 11.8. The fourth-order valence-corrected chi connectivity index (χ4v) is 8.94. The summed E-state index contributed by atoms with van der Waals surface area (Å²) < 4.78 is 169. The molecule has 4 saturated heterocycles. The number of carboxylic acid groups (broad SMARTS) is 2. The normalized spacial score (nSPS) is 39.5. The molecule has 0 aromatic heterocycles. The zero-order chi connectivity index (χ0) is 51.2. The highest BCUT2D eigenvalue weighted by Crippen LogP contribution is 2.37. The Kier molecular flexibility index (Phi) is 20.9. The van der Waals surface area contributed by atoms with Crippen LogP contribution in [0.25, 0.3) is 0 Å². The van der Waals surface area contributed by atoms with Crippen molar-refractivity contribution in [2.75, 3.05) is 27.4 Å². The summed E-state index contributed by atoms with van der Waals surface area (Å²) in [6.45, 7) is -1.76. The number of hydrogen-bond acceptors (Lipinski definition) is 30. The number of carbonyl (C=O) groups is 3. The summed E-state index contributed by atoms with van der Waals surface area (Å²) in [6.07, 6.45) is -41.1. The van der Waals surface area contributed by atoms with Crippen LogP contribution in [-0.4, -0.2) is 248 Å². The third-order valence-electron chi connectivity index (χ3n) is 9.91. The summed E-state index contributed by atoms with van der Waals surface area (Å²) in [5, 5.41) is 89.0. The summed E-state index contributed by atoms with van der Waals surface area (Å²) in [5.74, 6) is -4.98. The Morgan fingerprint density at radius 3 is 1.72 bits per heavy atom. The average molecular weight is 1080 g/mol. The Bertz CT molecular complexity index is 2040. The molecule has 0 radical (unpaired) electrons. The molecule has 13 N–H and O–H groups in total. The number of aliphatic hydroxyl groups is 5. The van der Waals surface area contributed by atoms with Gasteiger partial charge in [0.25, 0.3) is 0 Å². The number of amides is 1. The molecule has 0 aliphatic carbocycles. The van der Waals surface area contributed by atoms with E-state index in [4.69, 9.17) is 52.1 Å². The van der Waals surface area contributed by atoms with E-state index in [9.17, 15) is 89.0 Å². The second kappa shape index (κ2) is 24.4. The second-order valence-corrected chi connectivity index (χ2v) is 18.1. The predicted octanol–water partition coefficient (Wildman–Crippen LogP) is -8.05. The highest BCUT2D eigenvalue weighted by atomic mass is 32.3. The molecule has 4 aliphatic heterocycles. The molecule has 0 bridgehead atoms. The number of rotatable bonds is 23. The van der Waals surface area contributed by atoms with E-state index in [0.29, 0.717) is 0 Å². The van der Waals surface area contributed by atoms with E-state index in [1.807, 2.05) is 0 Å². The molecule has 36 nitrogen and oxygen atoms in total. The molecule has 4 rings (SSSR count). The molecular weight excluding hydrogens is 1040 g/mol. The van der Waals surface area contributed by atoms with Crippen LogP contribution < -0.4 is 10.0 Å². The zero-order valence-electron chi connectivity index (χ0n) is 34.4. The van der Waals surface area contributed by atoms with Crippen LogP contribution in [0.5, 0.6) is 0 Å². The number of carboxylic acids is 2. The molecule has 40 heteroatoms. The lowest BCUT2D eigenvalue weighted by Gasteiger charge is -2.50. The first-order chi connectivity index (χ1) is 31.6. The van der Waals surface area contributed by atoms with Gasteiger partial charge in [-0.3, -0.25) is 22.6 Å². The van der Waals surface area contributed by atoms with E-state index in [1.54, 1.807) is 4.72 Å². The molecule has 0 saturated carbocycles. The highest BCUT2D eigenvalue weighted by molar-refractivity contribution is 7.89. The molecule has 20 unspecified atom stereocenters. The molecule has 4 fully saturated rings. The number of aliphatic hydroxyl groups excluding tert-OH is 5. The van der Waals surface area contributed by atoms with Gasteiger partial charge in [-0.05, 0) is 0 Å². The smallest absolute Gasteiger partial charge is 0.397 e. The lowest BCUT2D eigenvalue weighted by atomic mass is 9.94. The van der Waals surface area contributed by atoms with Crippen molar-refractivity contribution in [2.24, 2.45) is 0 Å². The van der Waals surface area contributed by atoms with Crippen LogP contribution in [0, 0.1) is 0 Å². The van der Waals surface area contributed by atoms with Gasteiger partial charge in [-0.1, -0.05) is 5.04 Å². The highest BCUT2D eigenvalue weighted by Gasteiger charge is 2.59. The van der Waals surface area contributed by atoms with Gasteiger partial charge < -0.3 is 83.7 Å². The van der Waals surface area contributed by atoms with E-state index in [2.05, 4.69) is 23.1 Å². The van der Waals surface area contributed by atoms with Gasteiger partial charge in [-0.15, -0.1) is 4.33 Å². The lowest BCUT2D eigenvalue weighted by Crippen LogP contribution is -2.70. The van der Waals surface area contributed by atoms with E-state index >= 15 is 0 Å². The minimum absolute atomic E-state index is 0.283. The summed E-state index contributed by atoms with van der Waals surface area (Å²) in [6, 6.07) is -4.13. The number of aliphatic carboxylic acids is 2. The molecule has 0 spiro atoms. The van der Waals surface area contributed by atoms with Gasteiger partial charge in [0.15, 0.2) is 55.8 Å². The van der Waals surface area contributed by atoms with E-state index in [-0.39, 0.29) is 12.3 Å². The molecule has 396 valence electrons. The quantitative estimate of drug-likeness (QED) is 0.0149. The van der Waals surface area contributed by atoms with Crippen molar-refractivity contribution in [2.45, 2.75) is 130 Å². The maximum atomic E-state index is 12.8. The fraction of sp³-hybridized carbons (Fsp3) is 0.893. The van der Waals surface area contributed by atoms with E-state index < -0.39 is 185 Å². The van der Waals surface area contributed by atoms with Crippen molar-refractivity contribution in [1.82, 2.24) is 10.0 Å². The first kappa shape index (κ1) is 58.2. The van der Waals surface area contributed by atoms with Gasteiger partial charge in [-0.25, -0.2) is 23.2 Å². The van der Waals surface area contributed by atoms with Crippen molar-refractivity contribution < 1.29 is 159 Å². The van der Waals surface area contributed by atoms with Crippen LogP contribution >= 0.6 is 12.3 Å². The van der Waals surface area contributed by atoms with Crippen LogP contribution in [0.15, 0.2) is 0 Å². The Morgan fingerprint density at radius 2 is 1.21 bits per heavy atom. The Hall–Kier alpha value is -2.35.